The number of hydrogen-bond donors (Lipinski definition) is 1. The second-order valence-corrected chi connectivity index (χ2v) is 8.35. The molecule has 20 heavy (non-hydrogen) atoms. The van der Waals surface area contributed by atoms with Crippen LogP contribution in [0.3, 0.4) is 0 Å². The van der Waals surface area contributed by atoms with Gasteiger partial charge in [0.15, 0.2) is 0 Å². The van der Waals surface area contributed by atoms with E-state index in [0.29, 0.717) is 10.7 Å². The van der Waals surface area contributed by atoms with Gasteiger partial charge in [-0.1, -0.05) is 70.6 Å². The van der Waals surface area contributed by atoms with E-state index in [-0.39, 0.29) is 0 Å². The van der Waals surface area contributed by atoms with E-state index in [1.165, 1.54) is 109 Å². The molecular weight excluding hydrogens is 260 g/mol. The molecule has 2 aliphatic rings. The van der Waals surface area contributed by atoms with Crippen LogP contribution in [-0.2, 0) is 0 Å². The average Bonchev–Trinajstić information content (AvgIpc) is 2.47. The van der Waals surface area contributed by atoms with E-state index in [9.17, 15) is 0 Å². The van der Waals surface area contributed by atoms with Crippen molar-refractivity contribution in [2.24, 2.45) is 5.41 Å². The van der Waals surface area contributed by atoms with Crippen molar-refractivity contribution in [1.82, 2.24) is 0 Å². The van der Waals surface area contributed by atoms with Crippen molar-refractivity contribution in [2.75, 3.05) is 0 Å². The van der Waals surface area contributed by atoms with Gasteiger partial charge < -0.3 is 0 Å². The fourth-order valence-electron chi connectivity index (χ4n) is 4.48. The highest BCUT2D eigenvalue weighted by molar-refractivity contribution is 7.80. The van der Waals surface area contributed by atoms with Crippen LogP contribution in [-0.4, -0.2) is 5.25 Å². The van der Waals surface area contributed by atoms with Crippen molar-refractivity contribution in [3.05, 3.63) is 0 Å². The van der Waals surface area contributed by atoms with Gasteiger partial charge >= 0.3 is 0 Å². The Kier molecular flexibility index (Phi) is 7.84. The summed E-state index contributed by atoms with van der Waals surface area (Å²) in [5.74, 6) is 0. The van der Waals surface area contributed by atoms with Crippen molar-refractivity contribution >= 4 is 12.6 Å². The van der Waals surface area contributed by atoms with Crippen LogP contribution in [0.25, 0.3) is 0 Å². The second kappa shape index (κ2) is 9.38. The van der Waals surface area contributed by atoms with Gasteiger partial charge in [0.2, 0.25) is 0 Å². The molecule has 2 fully saturated rings. The molecule has 0 N–H and O–H groups in total. The molecular formula is C19H36S. The monoisotopic (exact) mass is 296 g/mol. The van der Waals surface area contributed by atoms with E-state index in [2.05, 4.69) is 0 Å². The summed E-state index contributed by atoms with van der Waals surface area (Å²) in [5, 5.41) is 0.681. The Morgan fingerprint density at radius 3 is 1.50 bits per heavy atom. The summed E-state index contributed by atoms with van der Waals surface area (Å²) in [4.78, 5) is 0. The first kappa shape index (κ1) is 16.7. The highest BCUT2D eigenvalue weighted by Crippen LogP contribution is 2.43. The summed E-state index contributed by atoms with van der Waals surface area (Å²) < 4.78 is 0. The summed E-state index contributed by atoms with van der Waals surface area (Å²) >= 11 is 4.85. The number of thiol groups is 1. The predicted octanol–water partition coefficient (Wildman–Crippen LogP) is 6.93. The van der Waals surface area contributed by atoms with Crippen molar-refractivity contribution in [2.45, 2.75) is 114 Å². The third-order valence-electron chi connectivity index (χ3n) is 5.92. The normalized spacial score (nSPS) is 30.8. The van der Waals surface area contributed by atoms with Gasteiger partial charge in [0.1, 0.15) is 0 Å². The average molecular weight is 297 g/mol. The molecule has 1 spiro atoms. The van der Waals surface area contributed by atoms with Crippen LogP contribution in [0, 0.1) is 5.41 Å². The van der Waals surface area contributed by atoms with Gasteiger partial charge in [-0.2, -0.15) is 12.6 Å². The van der Waals surface area contributed by atoms with Crippen LogP contribution in [0.5, 0.6) is 0 Å². The van der Waals surface area contributed by atoms with Crippen LogP contribution in [0.4, 0.5) is 0 Å². The fraction of sp³-hybridized carbons (Fsp3) is 1.00. The Morgan fingerprint density at radius 1 is 0.500 bits per heavy atom. The van der Waals surface area contributed by atoms with Gasteiger partial charge in [0.05, 0.1) is 0 Å². The van der Waals surface area contributed by atoms with Crippen LogP contribution in [0.2, 0.25) is 0 Å². The minimum absolute atomic E-state index is 0.681. The van der Waals surface area contributed by atoms with Crippen LogP contribution in [0.1, 0.15) is 109 Å². The molecule has 118 valence electrons. The highest BCUT2D eigenvalue weighted by Gasteiger charge is 2.29. The highest BCUT2D eigenvalue weighted by atomic mass is 32.1. The quantitative estimate of drug-likeness (QED) is 0.460. The maximum absolute atomic E-state index is 4.85. The van der Waals surface area contributed by atoms with Crippen molar-refractivity contribution in [3.63, 3.8) is 0 Å². The molecule has 2 aliphatic carbocycles. The Balaban J connectivity index is 1.95. The molecule has 0 amide bonds. The molecule has 0 radical (unpaired) electrons. The molecule has 0 aromatic rings. The van der Waals surface area contributed by atoms with E-state index in [1.54, 1.807) is 0 Å². The van der Waals surface area contributed by atoms with E-state index in [1.807, 2.05) is 0 Å². The summed E-state index contributed by atoms with van der Waals surface area (Å²) in [6, 6.07) is 0. The third kappa shape index (κ3) is 6.00. The Labute approximate surface area is 132 Å². The summed E-state index contributed by atoms with van der Waals surface area (Å²) in [7, 11) is 0. The van der Waals surface area contributed by atoms with Crippen LogP contribution < -0.4 is 0 Å². The lowest BCUT2D eigenvalue weighted by atomic mass is 9.70. The molecule has 0 bridgehead atoms. The van der Waals surface area contributed by atoms with Crippen molar-refractivity contribution < 1.29 is 0 Å². The lowest BCUT2D eigenvalue weighted by molar-refractivity contribution is 0.167. The number of rotatable bonds is 0. The summed E-state index contributed by atoms with van der Waals surface area (Å²) in [6.45, 7) is 0. The van der Waals surface area contributed by atoms with Crippen molar-refractivity contribution in [1.29, 1.82) is 0 Å². The van der Waals surface area contributed by atoms with Gasteiger partial charge in [-0.15, -0.1) is 0 Å². The Bertz CT molecular complexity index is 230. The lowest BCUT2D eigenvalue weighted by Crippen LogP contribution is -2.23. The van der Waals surface area contributed by atoms with Gasteiger partial charge in [-0.05, 0) is 43.9 Å². The van der Waals surface area contributed by atoms with Gasteiger partial charge in [-0.25, -0.2) is 0 Å². The maximum Gasteiger partial charge on any atom is 0.00170 e. The minimum atomic E-state index is 0.681. The maximum atomic E-state index is 4.85. The fourth-order valence-corrected chi connectivity index (χ4v) is 4.80. The number of hydrogen-bond acceptors (Lipinski definition) is 1. The second-order valence-electron chi connectivity index (χ2n) is 7.62. The standard InChI is InChI=1S/C19H36S/c20-18-12-8-4-7-11-16-19(17-13-18)14-9-5-2-1-3-6-10-15-19/h18,20H,1-17H2. The van der Waals surface area contributed by atoms with Crippen molar-refractivity contribution in [3.8, 4) is 0 Å². The third-order valence-corrected chi connectivity index (χ3v) is 6.43. The Hall–Kier alpha value is 0.350. The first-order chi connectivity index (χ1) is 9.81. The molecule has 1 atom stereocenters. The summed E-state index contributed by atoms with van der Waals surface area (Å²) in [6.07, 6.45) is 25.1. The predicted molar refractivity (Wildman–Crippen MR) is 93.7 cm³/mol. The molecule has 2 saturated carbocycles. The van der Waals surface area contributed by atoms with Crippen LogP contribution >= 0.6 is 12.6 Å². The van der Waals surface area contributed by atoms with E-state index < -0.39 is 0 Å². The van der Waals surface area contributed by atoms with Gasteiger partial charge in [0.25, 0.3) is 0 Å². The molecule has 0 nitrogen and oxygen atoms in total. The summed E-state index contributed by atoms with van der Waals surface area (Å²) in [5.41, 5.74) is 0.704. The zero-order chi connectivity index (χ0) is 14.1. The minimum Gasteiger partial charge on any atom is -0.176 e. The van der Waals surface area contributed by atoms with E-state index in [0.717, 1.165) is 0 Å². The Morgan fingerprint density at radius 2 is 0.950 bits per heavy atom. The molecule has 2 rings (SSSR count). The first-order valence-electron chi connectivity index (χ1n) is 9.49. The largest absolute Gasteiger partial charge is 0.176 e. The molecule has 0 heterocycles. The zero-order valence-electron chi connectivity index (χ0n) is 13.5. The molecule has 1 heteroatoms. The van der Waals surface area contributed by atoms with E-state index >= 15 is 0 Å². The van der Waals surface area contributed by atoms with Gasteiger partial charge in [0, 0.05) is 5.25 Å². The molecule has 1 unspecified atom stereocenters. The van der Waals surface area contributed by atoms with Crippen LogP contribution in [0.15, 0.2) is 0 Å². The molecule has 0 aromatic heterocycles. The smallest absolute Gasteiger partial charge is 0.00170 e. The van der Waals surface area contributed by atoms with E-state index in [4.69, 9.17) is 12.6 Å². The lowest BCUT2D eigenvalue weighted by Gasteiger charge is -2.36. The molecule has 0 aliphatic heterocycles. The zero-order valence-corrected chi connectivity index (χ0v) is 14.4. The van der Waals surface area contributed by atoms with Gasteiger partial charge in [-0.3, -0.25) is 0 Å². The SMILES string of the molecule is SC1CCCCCCC2(CCCCCCCCC2)CC1. The molecule has 0 aromatic carbocycles. The first-order valence-corrected chi connectivity index (χ1v) is 10.0. The topological polar surface area (TPSA) is 0 Å². The molecule has 0 saturated heterocycles.